The number of anilines is 1. The van der Waals surface area contributed by atoms with Crippen molar-refractivity contribution in [3.63, 3.8) is 0 Å². The average molecular weight is 357 g/mol. The highest BCUT2D eigenvalue weighted by molar-refractivity contribution is 6.05. The fourth-order valence-corrected chi connectivity index (χ4v) is 2.82. The average Bonchev–Trinajstić information content (AvgIpc) is 3.12. The van der Waals surface area contributed by atoms with Gasteiger partial charge in [0.2, 0.25) is 0 Å². The summed E-state index contributed by atoms with van der Waals surface area (Å²) in [5.41, 5.74) is 3.81. The lowest BCUT2D eigenvalue weighted by molar-refractivity contribution is 0.0696. The van der Waals surface area contributed by atoms with Crippen molar-refractivity contribution in [2.75, 3.05) is 5.32 Å². The number of rotatable bonds is 4. The summed E-state index contributed by atoms with van der Waals surface area (Å²) in [5, 5.41) is 12.6. The molecule has 4 rings (SSSR count). The van der Waals surface area contributed by atoms with Crippen molar-refractivity contribution in [3.8, 4) is 11.3 Å². The smallest absolute Gasteiger partial charge is 0.335 e. The lowest BCUT2D eigenvalue weighted by Gasteiger charge is -2.05. The molecule has 6 heteroatoms. The van der Waals surface area contributed by atoms with E-state index in [0.29, 0.717) is 11.3 Å². The summed E-state index contributed by atoms with van der Waals surface area (Å²) in [6, 6.07) is 19.5. The van der Waals surface area contributed by atoms with Crippen molar-refractivity contribution in [2.45, 2.75) is 0 Å². The number of amides is 1. The van der Waals surface area contributed by atoms with Crippen molar-refractivity contribution in [3.05, 3.63) is 84.1 Å². The molecule has 0 fully saturated rings. The van der Waals surface area contributed by atoms with Gasteiger partial charge in [0.15, 0.2) is 0 Å². The molecular formula is C21H15N3O3. The molecule has 2 aromatic heterocycles. The normalized spacial score (nSPS) is 10.7. The van der Waals surface area contributed by atoms with Crippen LogP contribution in [0.1, 0.15) is 20.7 Å². The number of benzene rings is 2. The minimum absolute atomic E-state index is 0.135. The zero-order valence-electron chi connectivity index (χ0n) is 14.1. The minimum Gasteiger partial charge on any atom is -0.478 e. The number of nitrogens with zero attached hydrogens (tertiary/aromatic N) is 1. The first kappa shape index (κ1) is 16.5. The van der Waals surface area contributed by atoms with Crippen LogP contribution >= 0.6 is 0 Å². The highest BCUT2D eigenvalue weighted by atomic mass is 16.4. The molecule has 0 aliphatic heterocycles. The molecule has 6 nitrogen and oxygen atoms in total. The number of nitrogens with one attached hydrogen (secondary N) is 2. The second-order valence-electron chi connectivity index (χ2n) is 6.05. The molecule has 132 valence electrons. The molecule has 0 aliphatic rings. The van der Waals surface area contributed by atoms with Gasteiger partial charge in [0, 0.05) is 16.6 Å². The van der Waals surface area contributed by atoms with Gasteiger partial charge in [-0.25, -0.2) is 9.78 Å². The highest BCUT2D eigenvalue weighted by Crippen LogP contribution is 2.24. The molecule has 27 heavy (non-hydrogen) atoms. The number of aromatic nitrogens is 2. The van der Waals surface area contributed by atoms with E-state index in [1.807, 2.05) is 42.5 Å². The van der Waals surface area contributed by atoms with Crippen LogP contribution in [0.5, 0.6) is 0 Å². The van der Waals surface area contributed by atoms with Crippen LogP contribution in [0.3, 0.4) is 0 Å². The third-order valence-corrected chi connectivity index (χ3v) is 4.21. The Morgan fingerprint density at radius 2 is 1.63 bits per heavy atom. The van der Waals surface area contributed by atoms with Gasteiger partial charge < -0.3 is 15.4 Å². The Balaban J connectivity index is 1.57. The molecule has 3 N–H and O–H groups in total. The zero-order valence-corrected chi connectivity index (χ0v) is 14.1. The quantitative estimate of drug-likeness (QED) is 0.510. The Morgan fingerprint density at radius 1 is 0.926 bits per heavy atom. The first-order chi connectivity index (χ1) is 13.1. The van der Waals surface area contributed by atoms with E-state index in [2.05, 4.69) is 15.3 Å². The number of carbonyl (C=O) groups excluding carboxylic acids is 1. The third kappa shape index (κ3) is 3.41. The van der Waals surface area contributed by atoms with Gasteiger partial charge in [-0.05, 0) is 42.0 Å². The number of carboxylic acids is 1. The van der Waals surface area contributed by atoms with Crippen molar-refractivity contribution in [2.24, 2.45) is 0 Å². The standard InChI is InChI=1S/C21H15N3O3/c25-20(14-6-8-15(9-7-14)21(26)27)23-17-10-16-11-18(24-19(16)22-12-17)13-4-2-1-3-5-13/h1-12H,(H,22,24)(H,23,25)(H,26,27). The van der Waals surface area contributed by atoms with E-state index in [9.17, 15) is 9.59 Å². The SMILES string of the molecule is O=C(O)c1ccc(C(=O)Nc2cnc3[nH]c(-c4ccccc4)cc3c2)cc1. The number of H-pyrrole nitrogens is 1. The molecule has 0 radical (unpaired) electrons. The summed E-state index contributed by atoms with van der Waals surface area (Å²) >= 11 is 0. The van der Waals surface area contributed by atoms with Crippen LogP contribution in [0.15, 0.2) is 72.9 Å². The van der Waals surface area contributed by atoms with E-state index >= 15 is 0 Å². The maximum absolute atomic E-state index is 12.4. The van der Waals surface area contributed by atoms with E-state index in [1.165, 1.54) is 24.3 Å². The van der Waals surface area contributed by atoms with E-state index < -0.39 is 5.97 Å². The van der Waals surface area contributed by atoms with Crippen LogP contribution in [0.2, 0.25) is 0 Å². The molecule has 2 heterocycles. The topological polar surface area (TPSA) is 95.1 Å². The lowest BCUT2D eigenvalue weighted by atomic mass is 10.1. The van der Waals surface area contributed by atoms with Crippen LogP contribution in [0.4, 0.5) is 5.69 Å². The molecule has 0 unspecified atom stereocenters. The van der Waals surface area contributed by atoms with Gasteiger partial charge in [0.25, 0.3) is 5.91 Å². The van der Waals surface area contributed by atoms with Gasteiger partial charge in [-0.1, -0.05) is 30.3 Å². The van der Waals surface area contributed by atoms with Crippen LogP contribution < -0.4 is 5.32 Å². The van der Waals surface area contributed by atoms with Crippen LogP contribution in [0, 0.1) is 0 Å². The fourth-order valence-electron chi connectivity index (χ4n) is 2.82. The number of hydrogen-bond donors (Lipinski definition) is 3. The van der Waals surface area contributed by atoms with Gasteiger partial charge in [-0.15, -0.1) is 0 Å². The summed E-state index contributed by atoms with van der Waals surface area (Å²) in [4.78, 5) is 30.9. The van der Waals surface area contributed by atoms with E-state index in [-0.39, 0.29) is 11.5 Å². The summed E-state index contributed by atoms with van der Waals surface area (Å²) in [6.45, 7) is 0. The lowest BCUT2D eigenvalue weighted by Crippen LogP contribution is -2.12. The Bertz CT molecular complexity index is 1130. The number of carbonyl (C=O) groups is 2. The Labute approximate surface area is 154 Å². The molecule has 0 spiro atoms. The van der Waals surface area contributed by atoms with E-state index in [1.54, 1.807) is 6.20 Å². The van der Waals surface area contributed by atoms with Crippen molar-refractivity contribution in [1.29, 1.82) is 0 Å². The molecule has 2 aromatic carbocycles. The molecular weight excluding hydrogens is 342 g/mol. The maximum atomic E-state index is 12.4. The van der Waals surface area contributed by atoms with Crippen LogP contribution in [-0.2, 0) is 0 Å². The molecule has 0 bridgehead atoms. The predicted molar refractivity (Wildman–Crippen MR) is 103 cm³/mol. The number of aromatic amines is 1. The molecule has 0 saturated heterocycles. The largest absolute Gasteiger partial charge is 0.478 e. The monoisotopic (exact) mass is 357 g/mol. The van der Waals surface area contributed by atoms with Crippen LogP contribution in [-0.4, -0.2) is 27.0 Å². The van der Waals surface area contributed by atoms with E-state index in [0.717, 1.165) is 22.3 Å². The van der Waals surface area contributed by atoms with Gasteiger partial charge in [0.05, 0.1) is 17.4 Å². The van der Waals surface area contributed by atoms with Gasteiger partial charge >= 0.3 is 5.97 Å². The highest BCUT2D eigenvalue weighted by Gasteiger charge is 2.10. The van der Waals surface area contributed by atoms with Crippen LogP contribution in [0.25, 0.3) is 22.3 Å². The second kappa shape index (κ2) is 6.76. The van der Waals surface area contributed by atoms with Gasteiger partial charge in [-0.3, -0.25) is 4.79 Å². The first-order valence-electron chi connectivity index (χ1n) is 8.29. The Hall–Kier alpha value is -3.93. The molecule has 0 atom stereocenters. The number of aromatic carboxylic acids is 1. The summed E-state index contributed by atoms with van der Waals surface area (Å²) in [7, 11) is 0. The fraction of sp³-hybridized carbons (Fsp3) is 0. The molecule has 0 aliphatic carbocycles. The molecule has 0 saturated carbocycles. The summed E-state index contributed by atoms with van der Waals surface area (Å²) in [6.07, 6.45) is 1.58. The first-order valence-corrected chi connectivity index (χ1v) is 8.29. The number of carboxylic acid groups (broad SMARTS) is 1. The Morgan fingerprint density at radius 3 is 2.33 bits per heavy atom. The number of fused-ring (bicyclic) bond motifs is 1. The number of pyridine rings is 1. The minimum atomic E-state index is -1.03. The maximum Gasteiger partial charge on any atom is 0.335 e. The van der Waals surface area contributed by atoms with E-state index in [4.69, 9.17) is 5.11 Å². The molecule has 4 aromatic rings. The number of hydrogen-bond acceptors (Lipinski definition) is 3. The third-order valence-electron chi connectivity index (χ3n) is 4.21. The summed E-state index contributed by atoms with van der Waals surface area (Å²) < 4.78 is 0. The summed E-state index contributed by atoms with van der Waals surface area (Å²) in [5.74, 6) is -1.36. The van der Waals surface area contributed by atoms with Gasteiger partial charge in [-0.2, -0.15) is 0 Å². The van der Waals surface area contributed by atoms with Crippen molar-refractivity contribution < 1.29 is 14.7 Å². The predicted octanol–water partition coefficient (Wildman–Crippen LogP) is 4.18. The molecule has 1 amide bonds. The second-order valence-corrected chi connectivity index (χ2v) is 6.05. The van der Waals surface area contributed by atoms with Gasteiger partial charge in [0.1, 0.15) is 5.65 Å². The zero-order chi connectivity index (χ0) is 18.8. The van der Waals surface area contributed by atoms with Crippen molar-refractivity contribution >= 4 is 28.6 Å². The van der Waals surface area contributed by atoms with Crippen molar-refractivity contribution in [1.82, 2.24) is 9.97 Å². The Kier molecular flexibility index (Phi) is 4.14.